The van der Waals surface area contributed by atoms with Gasteiger partial charge in [-0.05, 0) is 29.3 Å². The molecule has 0 radical (unpaired) electrons. The molecule has 0 aliphatic heterocycles. The van der Waals surface area contributed by atoms with Crippen LogP contribution >= 0.6 is 0 Å². The number of rotatable bonds is 5. The molecule has 21 heavy (non-hydrogen) atoms. The van der Waals surface area contributed by atoms with E-state index in [1.165, 1.54) is 16.3 Å². The molecular weight excluding hydrogens is 260 g/mol. The Morgan fingerprint density at radius 2 is 1.95 bits per heavy atom. The van der Waals surface area contributed by atoms with Gasteiger partial charge in [0, 0.05) is 26.1 Å². The van der Waals surface area contributed by atoms with E-state index >= 15 is 0 Å². The number of hydrogen-bond donors (Lipinski definition) is 1. The van der Waals surface area contributed by atoms with Gasteiger partial charge in [0.2, 0.25) is 0 Å². The average molecular weight is 280 g/mol. The van der Waals surface area contributed by atoms with Crippen LogP contribution in [0.2, 0.25) is 0 Å². The fourth-order valence-electron chi connectivity index (χ4n) is 2.53. The second-order valence-electron chi connectivity index (χ2n) is 5.39. The van der Waals surface area contributed by atoms with Crippen LogP contribution in [0.4, 0.5) is 0 Å². The summed E-state index contributed by atoms with van der Waals surface area (Å²) < 4.78 is 1.96. The third-order valence-corrected chi connectivity index (χ3v) is 3.88. The zero-order chi connectivity index (χ0) is 14.7. The number of aryl methyl sites for hydroxylation is 1. The fraction of sp³-hybridized carbons (Fsp3) is 0.294. The van der Waals surface area contributed by atoms with Gasteiger partial charge in [-0.1, -0.05) is 36.4 Å². The highest BCUT2D eigenvalue weighted by atomic mass is 15.2. The van der Waals surface area contributed by atoms with Crippen LogP contribution in [0, 0.1) is 0 Å². The van der Waals surface area contributed by atoms with Crippen molar-refractivity contribution >= 4 is 10.8 Å². The van der Waals surface area contributed by atoms with Gasteiger partial charge < -0.3 is 9.88 Å². The van der Waals surface area contributed by atoms with Crippen LogP contribution in [0.5, 0.6) is 0 Å². The number of aromatic nitrogens is 3. The number of benzene rings is 2. The Balaban J connectivity index is 1.63. The van der Waals surface area contributed by atoms with E-state index < -0.39 is 0 Å². The first-order valence-electron chi connectivity index (χ1n) is 7.29. The van der Waals surface area contributed by atoms with Crippen molar-refractivity contribution in [2.75, 3.05) is 6.54 Å². The molecule has 0 bridgehead atoms. The number of nitrogens with zero attached hydrogens (tertiary/aromatic N) is 3. The van der Waals surface area contributed by atoms with Crippen molar-refractivity contribution in [2.24, 2.45) is 7.05 Å². The quantitative estimate of drug-likeness (QED) is 0.781. The largest absolute Gasteiger partial charge is 0.321 e. The minimum absolute atomic E-state index is 0.322. The second kappa shape index (κ2) is 6.06. The van der Waals surface area contributed by atoms with Crippen LogP contribution < -0.4 is 5.32 Å². The Kier molecular flexibility index (Phi) is 3.97. The lowest BCUT2D eigenvalue weighted by atomic mass is 10.0. The van der Waals surface area contributed by atoms with Gasteiger partial charge in [-0.25, -0.2) is 0 Å². The zero-order valence-corrected chi connectivity index (χ0v) is 12.5. The molecule has 1 heterocycles. The second-order valence-corrected chi connectivity index (χ2v) is 5.39. The van der Waals surface area contributed by atoms with Crippen LogP contribution in [0.25, 0.3) is 10.8 Å². The molecule has 1 aromatic heterocycles. The molecule has 3 rings (SSSR count). The first-order valence-corrected chi connectivity index (χ1v) is 7.29. The summed E-state index contributed by atoms with van der Waals surface area (Å²) in [6.45, 7) is 3.08. The van der Waals surface area contributed by atoms with Crippen molar-refractivity contribution in [1.82, 2.24) is 20.1 Å². The SMILES string of the molecule is CC(NCCc1nncn1C)c1ccc2ccccc2c1. The standard InChI is InChI=1S/C17H20N4/c1-13(18-10-9-17-20-19-12-21(17)2)15-8-7-14-5-3-4-6-16(14)11-15/h3-8,11-13,18H,9-10H2,1-2H3. The topological polar surface area (TPSA) is 42.7 Å². The number of nitrogens with one attached hydrogen (secondary N) is 1. The molecule has 1 N–H and O–H groups in total. The molecule has 0 amide bonds. The maximum absolute atomic E-state index is 4.10. The lowest BCUT2D eigenvalue weighted by molar-refractivity contribution is 0.565. The summed E-state index contributed by atoms with van der Waals surface area (Å²) in [5, 5.41) is 14.1. The normalized spacial score (nSPS) is 12.7. The molecule has 4 nitrogen and oxygen atoms in total. The van der Waals surface area contributed by atoms with Crippen LogP contribution in [0.15, 0.2) is 48.8 Å². The van der Waals surface area contributed by atoms with E-state index in [0.717, 1.165) is 18.8 Å². The highest BCUT2D eigenvalue weighted by Gasteiger charge is 2.06. The van der Waals surface area contributed by atoms with Gasteiger partial charge in [-0.2, -0.15) is 0 Å². The van der Waals surface area contributed by atoms with Crippen molar-refractivity contribution in [2.45, 2.75) is 19.4 Å². The van der Waals surface area contributed by atoms with E-state index in [1.54, 1.807) is 6.33 Å². The lowest BCUT2D eigenvalue weighted by Gasteiger charge is -2.14. The maximum Gasteiger partial charge on any atom is 0.133 e. The van der Waals surface area contributed by atoms with E-state index in [0.29, 0.717) is 6.04 Å². The minimum Gasteiger partial charge on any atom is -0.321 e. The molecule has 2 aromatic carbocycles. The predicted octanol–water partition coefficient (Wildman–Crippen LogP) is 2.86. The molecule has 0 aliphatic carbocycles. The maximum atomic E-state index is 4.10. The molecule has 0 saturated heterocycles. The third kappa shape index (κ3) is 3.11. The first-order chi connectivity index (χ1) is 10.2. The van der Waals surface area contributed by atoms with Crippen LogP contribution in [0.3, 0.4) is 0 Å². The van der Waals surface area contributed by atoms with E-state index in [9.17, 15) is 0 Å². The Morgan fingerprint density at radius 3 is 2.71 bits per heavy atom. The van der Waals surface area contributed by atoms with Gasteiger partial charge in [0.05, 0.1) is 0 Å². The third-order valence-electron chi connectivity index (χ3n) is 3.88. The van der Waals surface area contributed by atoms with E-state index in [1.807, 2.05) is 11.6 Å². The summed E-state index contributed by atoms with van der Waals surface area (Å²) in [4.78, 5) is 0. The highest BCUT2D eigenvalue weighted by Crippen LogP contribution is 2.20. The lowest BCUT2D eigenvalue weighted by Crippen LogP contribution is -2.22. The molecular formula is C17H20N4. The number of hydrogen-bond acceptors (Lipinski definition) is 3. The highest BCUT2D eigenvalue weighted by molar-refractivity contribution is 5.83. The van der Waals surface area contributed by atoms with Gasteiger partial charge in [0.25, 0.3) is 0 Å². The summed E-state index contributed by atoms with van der Waals surface area (Å²) in [5.41, 5.74) is 1.31. The number of fused-ring (bicyclic) bond motifs is 1. The summed E-state index contributed by atoms with van der Waals surface area (Å²) >= 11 is 0. The van der Waals surface area contributed by atoms with Gasteiger partial charge in [-0.15, -0.1) is 10.2 Å². The van der Waals surface area contributed by atoms with Crippen molar-refractivity contribution in [3.05, 3.63) is 60.2 Å². The van der Waals surface area contributed by atoms with Gasteiger partial charge in [-0.3, -0.25) is 0 Å². The van der Waals surface area contributed by atoms with Crippen LogP contribution in [-0.2, 0) is 13.5 Å². The average Bonchev–Trinajstić information content (AvgIpc) is 2.92. The zero-order valence-electron chi connectivity index (χ0n) is 12.5. The first kappa shape index (κ1) is 13.8. The summed E-state index contributed by atoms with van der Waals surface area (Å²) in [6.07, 6.45) is 2.62. The van der Waals surface area contributed by atoms with E-state index in [4.69, 9.17) is 0 Å². The smallest absolute Gasteiger partial charge is 0.133 e. The van der Waals surface area contributed by atoms with Crippen molar-refractivity contribution in [3.63, 3.8) is 0 Å². The van der Waals surface area contributed by atoms with Gasteiger partial charge >= 0.3 is 0 Å². The van der Waals surface area contributed by atoms with Crippen molar-refractivity contribution in [3.8, 4) is 0 Å². The molecule has 1 atom stereocenters. The molecule has 0 saturated carbocycles. The van der Waals surface area contributed by atoms with E-state index in [2.05, 4.69) is 64.9 Å². The Morgan fingerprint density at radius 1 is 1.14 bits per heavy atom. The van der Waals surface area contributed by atoms with Crippen LogP contribution in [0.1, 0.15) is 24.4 Å². The Hall–Kier alpha value is -2.20. The van der Waals surface area contributed by atoms with E-state index in [-0.39, 0.29) is 0 Å². The van der Waals surface area contributed by atoms with Gasteiger partial charge in [0.15, 0.2) is 0 Å². The van der Waals surface area contributed by atoms with Gasteiger partial charge in [0.1, 0.15) is 12.2 Å². The molecule has 0 spiro atoms. The fourth-order valence-corrected chi connectivity index (χ4v) is 2.53. The monoisotopic (exact) mass is 280 g/mol. The molecule has 108 valence electrons. The van der Waals surface area contributed by atoms with Crippen LogP contribution in [-0.4, -0.2) is 21.3 Å². The Bertz CT molecular complexity index is 732. The molecule has 0 fully saturated rings. The van der Waals surface area contributed by atoms with Crippen molar-refractivity contribution in [1.29, 1.82) is 0 Å². The summed E-state index contributed by atoms with van der Waals surface area (Å²) in [5.74, 6) is 1.01. The molecule has 0 aliphatic rings. The predicted molar refractivity (Wildman–Crippen MR) is 85.1 cm³/mol. The molecule has 3 aromatic rings. The Labute approximate surface area is 124 Å². The summed E-state index contributed by atoms with van der Waals surface area (Å²) in [6, 6.07) is 15.4. The minimum atomic E-state index is 0.322. The molecule has 1 unspecified atom stereocenters. The summed E-state index contributed by atoms with van der Waals surface area (Å²) in [7, 11) is 1.97. The molecule has 4 heteroatoms. The van der Waals surface area contributed by atoms with Crippen molar-refractivity contribution < 1.29 is 0 Å².